The molecule has 0 aliphatic heterocycles. The van der Waals surface area contributed by atoms with Gasteiger partial charge in [0.15, 0.2) is 0 Å². The van der Waals surface area contributed by atoms with Crippen molar-refractivity contribution >= 4 is 23.2 Å². The Morgan fingerprint density at radius 3 is 2.84 bits per heavy atom. The van der Waals surface area contributed by atoms with Gasteiger partial charge in [0.25, 0.3) is 0 Å². The summed E-state index contributed by atoms with van der Waals surface area (Å²) in [5, 5.41) is 15.2. The normalized spacial score (nSPS) is 12.2. The van der Waals surface area contributed by atoms with Gasteiger partial charge >= 0.3 is 0 Å². The number of benzene rings is 1. The zero-order valence-corrected chi connectivity index (χ0v) is 11.9. The van der Waals surface area contributed by atoms with Crippen LogP contribution >= 0.6 is 11.6 Å². The van der Waals surface area contributed by atoms with Gasteiger partial charge in [-0.15, -0.1) is 0 Å². The summed E-state index contributed by atoms with van der Waals surface area (Å²) in [5.74, 6) is 0.210. The highest BCUT2D eigenvalue weighted by Crippen LogP contribution is 2.19. The van der Waals surface area contributed by atoms with E-state index < -0.39 is 0 Å². The molecule has 0 saturated carbocycles. The summed E-state index contributed by atoms with van der Waals surface area (Å²) in [5.41, 5.74) is 0.630. The molecule has 0 saturated heterocycles. The van der Waals surface area contributed by atoms with E-state index in [9.17, 15) is 4.79 Å². The second kappa shape index (κ2) is 8.91. The summed E-state index contributed by atoms with van der Waals surface area (Å²) < 4.78 is 0. The highest BCUT2D eigenvalue weighted by molar-refractivity contribution is 6.33. The molecule has 0 heterocycles. The maximum Gasteiger partial charge on any atom is 0.238 e. The van der Waals surface area contributed by atoms with Crippen LogP contribution in [-0.4, -0.2) is 30.7 Å². The molecule has 19 heavy (non-hydrogen) atoms. The molecule has 1 amide bonds. The van der Waals surface area contributed by atoms with Gasteiger partial charge in [0.2, 0.25) is 5.91 Å². The fourth-order valence-corrected chi connectivity index (χ4v) is 1.81. The van der Waals surface area contributed by atoms with Crippen LogP contribution in [0.15, 0.2) is 24.3 Å². The van der Waals surface area contributed by atoms with Crippen molar-refractivity contribution in [3.63, 3.8) is 0 Å². The van der Waals surface area contributed by atoms with Gasteiger partial charge in [0.1, 0.15) is 0 Å². The molecule has 0 aliphatic carbocycles. The summed E-state index contributed by atoms with van der Waals surface area (Å²) in [6.07, 6.45) is 1.90. The SMILES string of the molecule is CC(CO)CCCNCC(=O)Nc1ccccc1Cl. The van der Waals surface area contributed by atoms with Crippen molar-refractivity contribution in [1.82, 2.24) is 5.32 Å². The van der Waals surface area contributed by atoms with Crippen LogP contribution in [0.25, 0.3) is 0 Å². The van der Waals surface area contributed by atoms with Crippen LogP contribution < -0.4 is 10.6 Å². The van der Waals surface area contributed by atoms with Crippen LogP contribution in [0.3, 0.4) is 0 Å². The summed E-state index contributed by atoms with van der Waals surface area (Å²) in [6.45, 7) is 3.25. The molecule has 106 valence electrons. The van der Waals surface area contributed by atoms with E-state index in [4.69, 9.17) is 16.7 Å². The standard InChI is InChI=1S/C14H21ClN2O2/c1-11(10-18)5-4-8-16-9-14(19)17-13-7-3-2-6-12(13)15/h2-3,6-7,11,16,18H,4-5,8-10H2,1H3,(H,17,19). The molecular formula is C14H21ClN2O2. The zero-order chi connectivity index (χ0) is 14.1. The molecule has 1 atom stereocenters. The van der Waals surface area contributed by atoms with Gasteiger partial charge in [0.05, 0.1) is 17.3 Å². The van der Waals surface area contributed by atoms with E-state index in [1.807, 2.05) is 19.1 Å². The molecule has 0 spiro atoms. The van der Waals surface area contributed by atoms with Crippen molar-refractivity contribution < 1.29 is 9.90 Å². The van der Waals surface area contributed by atoms with Gasteiger partial charge in [-0.1, -0.05) is 30.7 Å². The number of anilines is 1. The molecule has 1 aromatic carbocycles. The molecule has 3 N–H and O–H groups in total. The second-order valence-electron chi connectivity index (χ2n) is 4.63. The molecule has 1 unspecified atom stereocenters. The largest absolute Gasteiger partial charge is 0.396 e. The molecule has 0 bridgehead atoms. The number of para-hydroxylation sites is 1. The van der Waals surface area contributed by atoms with Crippen molar-refractivity contribution in [1.29, 1.82) is 0 Å². The smallest absolute Gasteiger partial charge is 0.238 e. The predicted octanol–water partition coefficient (Wildman–Crippen LogP) is 2.28. The average molecular weight is 285 g/mol. The van der Waals surface area contributed by atoms with E-state index in [1.165, 1.54) is 0 Å². The van der Waals surface area contributed by atoms with Gasteiger partial charge in [-0.05, 0) is 37.4 Å². The van der Waals surface area contributed by atoms with E-state index >= 15 is 0 Å². The number of carbonyl (C=O) groups excluding carboxylic acids is 1. The third kappa shape index (κ3) is 6.57. The first-order chi connectivity index (χ1) is 9.13. The number of carbonyl (C=O) groups is 1. The minimum absolute atomic E-state index is 0.108. The van der Waals surface area contributed by atoms with Crippen LogP contribution in [0.4, 0.5) is 5.69 Å². The van der Waals surface area contributed by atoms with Crippen molar-refractivity contribution in [2.45, 2.75) is 19.8 Å². The molecular weight excluding hydrogens is 264 g/mol. The number of aliphatic hydroxyl groups is 1. The minimum atomic E-state index is -0.108. The second-order valence-corrected chi connectivity index (χ2v) is 5.04. The van der Waals surface area contributed by atoms with Gasteiger partial charge in [-0.3, -0.25) is 4.79 Å². The maximum absolute atomic E-state index is 11.6. The molecule has 5 heteroatoms. The number of amides is 1. The molecule has 4 nitrogen and oxygen atoms in total. The summed E-state index contributed by atoms with van der Waals surface area (Å²) in [7, 11) is 0. The number of nitrogens with one attached hydrogen (secondary N) is 2. The Balaban J connectivity index is 2.17. The first-order valence-electron chi connectivity index (χ1n) is 6.49. The Hall–Kier alpha value is -1.10. The Kier molecular flexibility index (Phi) is 7.48. The van der Waals surface area contributed by atoms with E-state index in [2.05, 4.69) is 10.6 Å². The van der Waals surface area contributed by atoms with E-state index in [1.54, 1.807) is 12.1 Å². The van der Waals surface area contributed by atoms with E-state index in [0.717, 1.165) is 19.4 Å². The van der Waals surface area contributed by atoms with Crippen molar-refractivity contribution in [3.05, 3.63) is 29.3 Å². The van der Waals surface area contributed by atoms with Gasteiger partial charge in [0, 0.05) is 6.61 Å². The minimum Gasteiger partial charge on any atom is -0.396 e. The zero-order valence-electron chi connectivity index (χ0n) is 11.2. The Morgan fingerprint density at radius 1 is 1.42 bits per heavy atom. The Labute approximate surface area is 119 Å². The number of rotatable bonds is 8. The third-order valence-electron chi connectivity index (χ3n) is 2.80. The van der Waals surface area contributed by atoms with Crippen molar-refractivity contribution in [2.75, 3.05) is 25.0 Å². The van der Waals surface area contributed by atoms with Gasteiger partial charge in [-0.2, -0.15) is 0 Å². The molecule has 1 rings (SSSR count). The summed E-state index contributed by atoms with van der Waals surface area (Å²) >= 11 is 5.94. The summed E-state index contributed by atoms with van der Waals surface area (Å²) in [4.78, 5) is 11.6. The van der Waals surface area contributed by atoms with Crippen molar-refractivity contribution in [2.24, 2.45) is 5.92 Å². The molecule has 1 aromatic rings. The molecule has 0 radical (unpaired) electrons. The Bertz CT molecular complexity index is 399. The fraction of sp³-hybridized carbons (Fsp3) is 0.500. The lowest BCUT2D eigenvalue weighted by Crippen LogP contribution is -2.29. The number of halogens is 1. The first-order valence-corrected chi connectivity index (χ1v) is 6.87. The average Bonchev–Trinajstić information content (AvgIpc) is 2.40. The number of hydrogen-bond acceptors (Lipinski definition) is 3. The highest BCUT2D eigenvalue weighted by atomic mass is 35.5. The molecule has 0 fully saturated rings. The van der Waals surface area contributed by atoms with Crippen LogP contribution in [0, 0.1) is 5.92 Å². The molecule has 0 aromatic heterocycles. The predicted molar refractivity (Wildman–Crippen MR) is 78.4 cm³/mol. The third-order valence-corrected chi connectivity index (χ3v) is 3.13. The van der Waals surface area contributed by atoms with Gasteiger partial charge < -0.3 is 15.7 Å². The van der Waals surface area contributed by atoms with Crippen LogP contribution in [-0.2, 0) is 4.79 Å². The number of aliphatic hydroxyl groups excluding tert-OH is 1. The highest BCUT2D eigenvalue weighted by Gasteiger charge is 2.05. The van der Waals surface area contributed by atoms with Crippen LogP contribution in [0.1, 0.15) is 19.8 Å². The van der Waals surface area contributed by atoms with E-state index in [0.29, 0.717) is 16.6 Å². The lowest BCUT2D eigenvalue weighted by Gasteiger charge is -2.09. The number of hydrogen-bond donors (Lipinski definition) is 3. The first kappa shape index (κ1) is 16.0. The lowest BCUT2D eigenvalue weighted by atomic mass is 10.1. The topological polar surface area (TPSA) is 61.4 Å². The quantitative estimate of drug-likeness (QED) is 0.642. The van der Waals surface area contributed by atoms with Crippen LogP contribution in [0.5, 0.6) is 0 Å². The van der Waals surface area contributed by atoms with E-state index in [-0.39, 0.29) is 19.1 Å². The van der Waals surface area contributed by atoms with Gasteiger partial charge in [-0.25, -0.2) is 0 Å². The molecule has 0 aliphatic rings. The van der Waals surface area contributed by atoms with Crippen LogP contribution in [0.2, 0.25) is 5.02 Å². The maximum atomic E-state index is 11.6. The summed E-state index contributed by atoms with van der Waals surface area (Å²) in [6, 6.07) is 7.15. The van der Waals surface area contributed by atoms with Crippen molar-refractivity contribution in [3.8, 4) is 0 Å². The lowest BCUT2D eigenvalue weighted by molar-refractivity contribution is -0.115. The Morgan fingerprint density at radius 2 is 2.16 bits per heavy atom. The fourth-order valence-electron chi connectivity index (χ4n) is 1.63. The monoisotopic (exact) mass is 284 g/mol.